The lowest BCUT2D eigenvalue weighted by molar-refractivity contribution is 0.0697. The highest BCUT2D eigenvalue weighted by Crippen LogP contribution is 2.30. The van der Waals surface area contributed by atoms with Crippen LogP contribution in [0.3, 0.4) is 0 Å². The van der Waals surface area contributed by atoms with Crippen molar-refractivity contribution in [3.8, 4) is 11.1 Å². The lowest BCUT2D eigenvalue weighted by Gasteiger charge is -2.12. The number of hydrogen-bond donors (Lipinski definition) is 3. The van der Waals surface area contributed by atoms with Gasteiger partial charge in [-0.3, -0.25) is 4.98 Å². The molecule has 0 amide bonds. The molecule has 0 fully saturated rings. The van der Waals surface area contributed by atoms with E-state index in [9.17, 15) is 9.90 Å². The molecule has 2 aromatic heterocycles. The first-order valence-corrected chi connectivity index (χ1v) is 14.7. The standard InChI is InChI=1S/C34H35ClN4O2/c35-31-20-24(12-14-27(31)25-10-6-5-7-11-25)22-36-17-8-3-1-2-4-9-18-38-33-29-16-19-37-23-30(29)28-15-13-26(34(40)41)21-32(28)39-33/h5-7,10-16,19-21,23,36H,1-4,8-9,17-18,22H2,(H,38,39)(H,40,41). The molecule has 0 saturated heterocycles. The van der Waals surface area contributed by atoms with E-state index in [0.29, 0.717) is 5.52 Å². The predicted octanol–water partition coefficient (Wildman–Crippen LogP) is 8.34. The Morgan fingerprint density at radius 3 is 2.37 bits per heavy atom. The van der Waals surface area contributed by atoms with E-state index in [-0.39, 0.29) is 5.56 Å². The number of carboxylic acid groups (broad SMARTS) is 1. The van der Waals surface area contributed by atoms with E-state index in [2.05, 4.69) is 45.9 Å². The summed E-state index contributed by atoms with van der Waals surface area (Å²) in [6.45, 7) is 2.64. The van der Waals surface area contributed by atoms with Gasteiger partial charge in [0.15, 0.2) is 0 Å². The number of aromatic nitrogens is 2. The molecular weight excluding hydrogens is 532 g/mol. The minimum absolute atomic E-state index is 0.233. The third-order valence-electron chi connectivity index (χ3n) is 7.36. The maximum absolute atomic E-state index is 11.4. The van der Waals surface area contributed by atoms with E-state index in [1.54, 1.807) is 18.3 Å². The molecule has 0 bridgehead atoms. The number of nitrogens with zero attached hydrogens (tertiary/aromatic N) is 2. The van der Waals surface area contributed by atoms with Crippen LogP contribution in [0.2, 0.25) is 5.02 Å². The van der Waals surface area contributed by atoms with Crippen molar-refractivity contribution in [3.05, 3.63) is 101 Å². The molecule has 0 spiro atoms. The van der Waals surface area contributed by atoms with Gasteiger partial charge in [-0.1, -0.05) is 85.8 Å². The molecule has 6 nitrogen and oxygen atoms in total. The van der Waals surface area contributed by atoms with Gasteiger partial charge in [0, 0.05) is 52.2 Å². The van der Waals surface area contributed by atoms with Gasteiger partial charge in [-0.15, -0.1) is 0 Å². The molecule has 0 saturated carbocycles. The molecule has 2 heterocycles. The second-order valence-electron chi connectivity index (χ2n) is 10.3. The zero-order valence-corrected chi connectivity index (χ0v) is 23.8. The molecule has 0 aliphatic rings. The van der Waals surface area contributed by atoms with Crippen molar-refractivity contribution in [2.24, 2.45) is 0 Å². The van der Waals surface area contributed by atoms with Crippen molar-refractivity contribution in [1.82, 2.24) is 15.3 Å². The Morgan fingerprint density at radius 2 is 1.59 bits per heavy atom. The van der Waals surface area contributed by atoms with Crippen molar-refractivity contribution in [1.29, 1.82) is 0 Å². The van der Waals surface area contributed by atoms with E-state index in [1.165, 1.54) is 24.8 Å². The van der Waals surface area contributed by atoms with Gasteiger partial charge in [-0.05, 0) is 54.8 Å². The zero-order valence-electron chi connectivity index (χ0n) is 23.1. The van der Waals surface area contributed by atoms with Gasteiger partial charge in [0.05, 0.1) is 11.1 Å². The summed E-state index contributed by atoms with van der Waals surface area (Å²) in [4.78, 5) is 20.4. The summed E-state index contributed by atoms with van der Waals surface area (Å²) in [6, 6.07) is 23.6. The maximum Gasteiger partial charge on any atom is 0.335 e. The fourth-order valence-electron chi connectivity index (χ4n) is 5.16. The Morgan fingerprint density at radius 1 is 0.805 bits per heavy atom. The molecule has 3 N–H and O–H groups in total. The van der Waals surface area contributed by atoms with E-state index < -0.39 is 5.97 Å². The molecule has 210 valence electrons. The number of fused-ring (bicyclic) bond motifs is 3. The van der Waals surface area contributed by atoms with E-state index in [0.717, 1.165) is 77.0 Å². The lowest BCUT2D eigenvalue weighted by atomic mass is 10.0. The van der Waals surface area contributed by atoms with Gasteiger partial charge in [0.2, 0.25) is 0 Å². The molecule has 0 aliphatic carbocycles. The topological polar surface area (TPSA) is 87.1 Å². The van der Waals surface area contributed by atoms with E-state index in [1.807, 2.05) is 36.5 Å². The predicted molar refractivity (Wildman–Crippen MR) is 169 cm³/mol. The molecule has 5 aromatic rings. The Hall–Kier alpha value is -4.00. The highest BCUT2D eigenvalue weighted by Gasteiger charge is 2.11. The first-order chi connectivity index (χ1) is 20.1. The first-order valence-electron chi connectivity index (χ1n) is 14.3. The van der Waals surface area contributed by atoms with Crippen LogP contribution in [0.25, 0.3) is 32.8 Å². The van der Waals surface area contributed by atoms with Crippen LogP contribution in [0.1, 0.15) is 54.4 Å². The number of carbonyl (C=O) groups is 1. The van der Waals surface area contributed by atoms with Crippen molar-refractivity contribution < 1.29 is 9.90 Å². The number of carboxylic acids is 1. The second kappa shape index (κ2) is 14.1. The number of pyridine rings is 2. The third kappa shape index (κ3) is 7.40. The molecule has 0 aliphatic heterocycles. The van der Waals surface area contributed by atoms with Crippen LogP contribution >= 0.6 is 11.6 Å². The number of halogens is 1. The van der Waals surface area contributed by atoms with Crippen molar-refractivity contribution in [2.45, 2.75) is 45.1 Å². The number of hydrogen-bond acceptors (Lipinski definition) is 5. The SMILES string of the molecule is O=C(O)c1ccc2c(c1)nc(NCCCCCCCCNCc1ccc(-c3ccccc3)c(Cl)c1)c1ccncc12. The number of aromatic carboxylic acids is 1. The number of rotatable bonds is 14. The summed E-state index contributed by atoms with van der Waals surface area (Å²) in [6.07, 6.45) is 10.6. The fourth-order valence-corrected chi connectivity index (χ4v) is 5.47. The summed E-state index contributed by atoms with van der Waals surface area (Å²) >= 11 is 6.54. The Labute approximate surface area is 245 Å². The van der Waals surface area contributed by atoms with Gasteiger partial charge >= 0.3 is 5.97 Å². The second-order valence-corrected chi connectivity index (χ2v) is 10.7. The number of anilines is 1. The molecule has 7 heteroatoms. The largest absolute Gasteiger partial charge is 0.478 e. The summed E-state index contributed by atoms with van der Waals surface area (Å²) < 4.78 is 0. The average molecular weight is 567 g/mol. The van der Waals surface area contributed by atoms with Crippen molar-refractivity contribution in [2.75, 3.05) is 18.4 Å². The smallest absolute Gasteiger partial charge is 0.335 e. The van der Waals surface area contributed by atoms with Gasteiger partial charge in [-0.2, -0.15) is 0 Å². The number of unbranched alkanes of at least 4 members (excludes halogenated alkanes) is 5. The highest BCUT2D eigenvalue weighted by molar-refractivity contribution is 6.33. The van der Waals surface area contributed by atoms with E-state index in [4.69, 9.17) is 16.6 Å². The normalized spacial score (nSPS) is 11.2. The molecule has 0 atom stereocenters. The van der Waals surface area contributed by atoms with Crippen LogP contribution in [0.5, 0.6) is 0 Å². The van der Waals surface area contributed by atoms with Crippen LogP contribution in [-0.4, -0.2) is 34.1 Å². The Kier molecular flexibility index (Phi) is 9.78. The van der Waals surface area contributed by atoms with Gasteiger partial charge in [0.1, 0.15) is 5.82 Å². The van der Waals surface area contributed by atoms with Crippen molar-refractivity contribution >= 4 is 45.1 Å². The molecular formula is C34H35ClN4O2. The fraction of sp³-hybridized carbons (Fsp3) is 0.265. The summed E-state index contributed by atoms with van der Waals surface area (Å²) in [5.41, 5.74) is 4.31. The van der Waals surface area contributed by atoms with Crippen LogP contribution in [-0.2, 0) is 6.54 Å². The first kappa shape index (κ1) is 28.5. The highest BCUT2D eigenvalue weighted by atomic mass is 35.5. The summed E-state index contributed by atoms with van der Waals surface area (Å²) in [5.74, 6) is -0.177. The number of nitrogens with one attached hydrogen (secondary N) is 2. The molecule has 0 radical (unpaired) electrons. The van der Waals surface area contributed by atoms with Crippen LogP contribution < -0.4 is 10.6 Å². The summed E-state index contributed by atoms with van der Waals surface area (Å²) in [5, 5.41) is 20.0. The monoisotopic (exact) mass is 566 g/mol. The van der Waals surface area contributed by atoms with Crippen LogP contribution in [0.15, 0.2) is 85.2 Å². The minimum Gasteiger partial charge on any atom is -0.478 e. The molecule has 41 heavy (non-hydrogen) atoms. The van der Waals surface area contributed by atoms with Gasteiger partial charge in [-0.25, -0.2) is 9.78 Å². The van der Waals surface area contributed by atoms with Crippen molar-refractivity contribution in [3.63, 3.8) is 0 Å². The lowest BCUT2D eigenvalue weighted by Crippen LogP contribution is -2.14. The average Bonchev–Trinajstić information content (AvgIpc) is 3.00. The third-order valence-corrected chi connectivity index (χ3v) is 7.68. The quantitative estimate of drug-likeness (QED) is 0.0924. The Bertz CT molecular complexity index is 1620. The minimum atomic E-state index is -0.955. The molecule has 0 unspecified atom stereocenters. The van der Waals surface area contributed by atoms with E-state index >= 15 is 0 Å². The Balaban J connectivity index is 0.994. The zero-order chi connectivity index (χ0) is 28.4. The number of benzene rings is 3. The molecule has 3 aromatic carbocycles. The van der Waals surface area contributed by atoms with Crippen LogP contribution in [0, 0.1) is 0 Å². The van der Waals surface area contributed by atoms with Crippen LogP contribution in [0.4, 0.5) is 5.82 Å². The summed E-state index contributed by atoms with van der Waals surface area (Å²) in [7, 11) is 0. The maximum atomic E-state index is 11.4. The van der Waals surface area contributed by atoms with Gasteiger partial charge < -0.3 is 15.7 Å². The van der Waals surface area contributed by atoms with Gasteiger partial charge in [0.25, 0.3) is 0 Å². The molecule has 5 rings (SSSR count).